The minimum Gasteiger partial charge on any atom is -0.278 e. The third-order valence-electron chi connectivity index (χ3n) is 12.0. The predicted octanol–water partition coefficient (Wildman–Crippen LogP) is 14.4. The van der Waals surface area contributed by atoms with Gasteiger partial charge in [0.2, 0.25) is 11.9 Å². The second-order valence-corrected chi connectivity index (χ2v) is 15.6. The summed E-state index contributed by atoms with van der Waals surface area (Å²) in [5, 5.41) is 4.56. The fourth-order valence-corrected chi connectivity index (χ4v) is 9.09. The summed E-state index contributed by atoms with van der Waals surface area (Å²) in [4.78, 5) is 16.3. The van der Waals surface area contributed by atoms with E-state index in [0.717, 1.165) is 77.0 Å². The Bertz CT molecular complexity index is 3570. The molecule has 3 heterocycles. The standard InChI is InChI=1S/C57H37N5/c1-3-16-38(17-4-1)42-20-15-21-43(36-42)40-30-32-41(33-31-40)45-22-7-8-26-50(45)55-58-56(61-51-27-12-9-23-46(51)47-24-10-13-28-52(47)61)60-57(59-55)62-53-29-14-11-25-48(53)49-35-34-44(37-54(49)62)39-18-5-2-6-19-39/h1-37H. The van der Waals surface area contributed by atoms with Crippen molar-refractivity contribution in [2.75, 3.05) is 0 Å². The van der Waals surface area contributed by atoms with Gasteiger partial charge < -0.3 is 0 Å². The second kappa shape index (κ2) is 14.7. The highest BCUT2D eigenvalue weighted by Gasteiger charge is 2.22. The average molecular weight is 792 g/mol. The molecule has 0 fully saturated rings. The lowest BCUT2D eigenvalue weighted by Gasteiger charge is -2.15. The van der Waals surface area contributed by atoms with E-state index in [1.807, 2.05) is 0 Å². The van der Waals surface area contributed by atoms with Crippen molar-refractivity contribution in [2.45, 2.75) is 0 Å². The maximum atomic E-state index is 5.44. The minimum absolute atomic E-state index is 0.548. The average Bonchev–Trinajstić information content (AvgIpc) is 3.87. The lowest BCUT2D eigenvalue weighted by atomic mass is 9.95. The summed E-state index contributed by atoms with van der Waals surface area (Å²) < 4.78 is 4.39. The predicted molar refractivity (Wildman–Crippen MR) is 256 cm³/mol. The lowest BCUT2D eigenvalue weighted by Crippen LogP contribution is -2.10. The van der Waals surface area contributed by atoms with E-state index in [0.29, 0.717) is 17.7 Å². The Labute approximate surface area is 358 Å². The van der Waals surface area contributed by atoms with Crippen molar-refractivity contribution in [3.05, 3.63) is 224 Å². The molecule has 3 aromatic heterocycles. The van der Waals surface area contributed by atoms with Gasteiger partial charge in [0, 0.05) is 27.1 Å². The Morgan fingerprint density at radius 2 is 0.629 bits per heavy atom. The molecule has 0 amide bonds. The van der Waals surface area contributed by atoms with Gasteiger partial charge in [-0.1, -0.05) is 194 Å². The number of fused-ring (bicyclic) bond motifs is 6. The molecule has 0 N–H and O–H groups in total. The van der Waals surface area contributed by atoms with Crippen LogP contribution in [0.4, 0.5) is 0 Å². The van der Waals surface area contributed by atoms with Crippen molar-refractivity contribution >= 4 is 43.6 Å². The van der Waals surface area contributed by atoms with Crippen LogP contribution in [0, 0.1) is 0 Å². The molecule has 9 aromatic carbocycles. The molecule has 5 nitrogen and oxygen atoms in total. The second-order valence-electron chi connectivity index (χ2n) is 15.6. The molecule has 62 heavy (non-hydrogen) atoms. The number of rotatable bonds is 7. The Hall–Kier alpha value is -8.41. The number of benzene rings is 9. The zero-order valence-corrected chi connectivity index (χ0v) is 33.6. The van der Waals surface area contributed by atoms with Gasteiger partial charge in [-0.2, -0.15) is 15.0 Å². The van der Waals surface area contributed by atoms with Crippen molar-refractivity contribution in [1.29, 1.82) is 0 Å². The van der Waals surface area contributed by atoms with E-state index in [1.54, 1.807) is 0 Å². The number of para-hydroxylation sites is 3. The van der Waals surface area contributed by atoms with Crippen molar-refractivity contribution in [2.24, 2.45) is 0 Å². The quantitative estimate of drug-likeness (QED) is 0.162. The molecular weight excluding hydrogens is 755 g/mol. The van der Waals surface area contributed by atoms with Crippen LogP contribution in [0.25, 0.3) is 111 Å². The van der Waals surface area contributed by atoms with Gasteiger partial charge in [-0.3, -0.25) is 9.13 Å². The molecule has 0 saturated heterocycles. The molecule has 0 atom stereocenters. The number of aromatic nitrogens is 5. The van der Waals surface area contributed by atoms with Crippen molar-refractivity contribution in [3.63, 3.8) is 0 Å². The Morgan fingerprint density at radius 3 is 1.19 bits per heavy atom. The molecule has 0 aliphatic carbocycles. The molecule has 0 saturated carbocycles. The van der Waals surface area contributed by atoms with Gasteiger partial charge in [-0.15, -0.1) is 0 Å². The first-order valence-corrected chi connectivity index (χ1v) is 20.9. The topological polar surface area (TPSA) is 48.5 Å². The van der Waals surface area contributed by atoms with Gasteiger partial charge in [0.1, 0.15) is 0 Å². The zero-order valence-electron chi connectivity index (χ0n) is 33.6. The van der Waals surface area contributed by atoms with Crippen LogP contribution in [-0.2, 0) is 0 Å². The fourth-order valence-electron chi connectivity index (χ4n) is 9.09. The molecule has 0 spiro atoms. The highest BCUT2D eigenvalue weighted by atomic mass is 15.3. The number of hydrogen-bond donors (Lipinski definition) is 0. The third kappa shape index (κ3) is 5.98. The van der Waals surface area contributed by atoms with Crippen molar-refractivity contribution in [3.8, 4) is 67.8 Å². The first-order valence-electron chi connectivity index (χ1n) is 20.9. The molecule has 12 rings (SSSR count). The van der Waals surface area contributed by atoms with Gasteiger partial charge >= 0.3 is 0 Å². The number of hydrogen-bond acceptors (Lipinski definition) is 3. The monoisotopic (exact) mass is 791 g/mol. The maximum absolute atomic E-state index is 5.44. The molecular formula is C57H37N5. The fraction of sp³-hybridized carbons (Fsp3) is 0. The van der Waals surface area contributed by atoms with Crippen LogP contribution in [0.1, 0.15) is 0 Å². The molecule has 0 aliphatic heterocycles. The Morgan fingerprint density at radius 1 is 0.242 bits per heavy atom. The smallest absolute Gasteiger partial charge is 0.240 e. The summed E-state index contributed by atoms with van der Waals surface area (Å²) in [5.74, 6) is 1.69. The molecule has 0 aliphatic rings. The molecule has 0 radical (unpaired) electrons. The van der Waals surface area contributed by atoms with E-state index in [-0.39, 0.29) is 0 Å². The first kappa shape index (κ1) is 35.5. The van der Waals surface area contributed by atoms with E-state index in [1.165, 1.54) is 16.7 Å². The summed E-state index contributed by atoms with van der Waals surface area (Å²) in [7, 11) is 0. The van der Waals surface area contributed by atoms with Gasteiger partial charge in [0.25, 0.3) is 0 Å². The SMILES string of the molecule is c1ccc(-c2cccc(-c3ccc(-c4ccccc4-c4nc(-n5c6ccccc6c6ccccc65)nc(-n5c6ccccc6c6ccc(-c7ccccc7)cc65)n4)cc3)c2)cc1. The summed E-state index contributed by atoms with van der Waals surface area (Å²) in [6.45, 7) is 0. The summed E-state index contributed by atoms with van der Waals surface area (Å²) in [6, 6.07) is 79.3. The highest BCUT2D eigenvalue weighted by Crippen LogP contribution is 2.38. The molecule has 290 valence electrons. The molecule has 5 heteroatoms. The largest absolute Gasteiger partial charge is 0.278 e. The van der Waals surface area contributed by atoms with E-state index >= 15 is 0 Å². The molecule has 12 aromatic rings. The summed E-state index contributed by atoms with van der Waals surface area (Å²) in [6.07, 6.45) is 0. The normalized spacial score (nSPS) is 11.5. The van der Waals surface area contributed by atoms with E-state index in [9.17, 15) is 0 Å². The lowest BCUT2D eigenvalue weighted by molar-refractivity contribution is 0.893. The molecule has 0 unspecified atom stereocenters. The minimum atomic E-state index is 0.548. The highest BCUT2D eigenvalue weighted by molar-refractivity contribution is 6.11. The van der Waals surface area contributed by atoms with E-state index in [2.05, 4.69) is 234 Å². The van der Waals surface area contributed by atoms with Crippen molar-refractivity contribution in [1.82, 2.24) is 24.1 Å². The molecule has 0 bridgehead atoms. The van der Waals surface area contributed by atoms with Crippen LogP contribution in [0.5, 0.6) is 0 Å². The zero-order chi connectivity index (χ0) is 41.0. The van der Waals surface area contributed by atoms with Crippen LogP contribution >= 0.6 is 0 Å². The van der Waals surface area contributed by atoms with Crippen LogP contribution in [0.3, 0.4) is 0 Å². The Kier molecular flexibility index (Phi) is 8.42. The summed E-state index contributed by atoms with van der Waals surface area (Å²) in [5.41, 5.74) is 14.2. The van der Waals surface area contributed by atoms with E-state index in [4.69, 9.17) is 15.0 Å². The van der Waals surface area contributed by atoms with Gasteiger partial charge in [-0.05, 0) is 74.8 Å². The van der Waals surface area contributed by atoms with Crippen LogP contribution < -0.4 is 0 Å². The van der Waals surface area contributed by atoms with Gasteiger partial charge in [-0.25, -0.2) is 0 Å². The van der Waals surface area contributed by atoms with Gasteiger partial charge in [0.15, 0.2) is 5.82 Å². The number of nitrogens with zero attached hydrogens (tertiary/aromatic N) is 5. The maximum Gasteiger partial charge on any atom is 0.240 e. The summed E-state index contributed by atoms with van der Waals surface area (Å²) >= 11 is 0. The van der Waals surface area contributed by atoms with Crippen LogP contribution in [0.2, 0.25) is 0 Å². The van der Waals surface area contributed by atoms with Crippen molar-refractivity contribution < 1.29 is 0 Å². The van der Waals surface area contributed by atoms with Crippen LogP contribution in [-0.4, -0.2) is 24.1 Å². The van der Waals surface area contributed by atoms with E-state index < -0.39 is 0 Å². The third-order valence-corrected chi connectivity index (χ3v) is 12.0. The first-order chi connectivity index (χ1) is 30.7. The Balaban J connectivity index is 1.07. The van der Waals surface area contributed by atoms with Crippen LogP contribution in [0.15, 0.2) is 224 Å². The van der Waals surface area contributed by atoms with Gasteiger partial charge in [0.05, 0.1) is 22.1 Å².